The van der Waals surface area contributed by atoms with Crippen molar-refractivity contribution in [3.63, 3.8) is 0 Å². The molecule has 2 aromatic carbocycles. The van der Waals surface area contributed by atoms with Crippen LogP contribution in [0.25, 0.3) is 5.57 Å². The molecule has 188 valence electrons. The normalized spacial score (nSPS) is 19.1. The topological polar surface area (TPSA) is 52.6 Å². The van der Waals surface area contributed by atoms with Crippen molar-refractivity contribution in [3.8, 4) is 5.75 Å². The van der Waals surface area contributed by atoms with Crippen LogP contribution in [0.15, 0.2) is 48.2 Å². The van der Waals surface area contributed by atoms with E-state index in [1.807, 2.05) is 84.0 Å². The van der Waals surface area contributed by atoms with E-state index in [9.17, 15) is 9.59 Å². The number of carbonyl (C=O) groups excluding carboxylic acids is 2. The summed E-state index contributed by atoms with van der Waals surface area (Å²) in [6.07, 6.45) is 1.62. The van der Waals surface area contributed by atoms with E-state index in [1.54, 1.807) is 0 Å². The summed E-state index contributed by atoms with van der Waals surface area (Å²) < 4.78 is 12.2. The lowest BCUT2D eigenvalue weighted by Gasteiger charge is -2.27. The minimum absolute atomic E-state index is 0.0821. The number of ether oxygens (including phenoxy) is 2. The number of hydrogen-bond acceptors (Lipinski definition) is 4. The first-order valence-corrected chi connectivity index (χ1v) is 12.8. The Labute approximate surface area is 210 Å². The maximum atomic E-state index is 13.8. The van der Waals surface area contributed by atoms with Gasteiger partial charge in [-0.3, -0.25) is 9.59 Å². The Hall–Kier alpha value is -2.88. The fourth-order valence-corrected chi connectivity index (χ4v) is 4.93. The third kappa shape index (κ3) is 5.69. The lowest BCUT2D eigenvalue weighted by molar-refractivity contribution is -0.149. The second-order valence-electron chi connectivity index (χ2n) is 10.9. The van der Waals surface area contributed by atoms with Gasteiger partial charge in [-0.05, 0) is 81.3 Å². The van der Waals surface area contributed by atoms with Crippen LogP contribution in [-0.2, 0) is 20.9 Å². The van der Waals surface area contributed by atoms with Crippen molar-refractivity contribution in [1.82, 2.24) is 0 Å². The molecule has 0 saturated heterocycles. The molecule has 0 N–H and O–H groups in total. The molecule has 35 heavy (non-hydrogen) atoms. The lowest BCUT2D eigenvalue weighted by atomic mass is 9.81. The zero-order chi connectivity index (χ0) is 25.9. The van der Waals surface area contributed by atoms with Gasteiger partial charge in [0.1, 0.15) is 18.1 Å². The summed E-state index contributed by atoms with van der Waals surface area (Å²) in [5.41, 5.74) is 3.76. The second-order valence-corrected chi connectivity index (χ2v) is 10.9. The molecule has 3 atom stereocenters. The Morgan fingerprint density at radius 2 is 1.63 bits per heavy atom. The van der Waals surface area contributed by atoms with Crippen molar-refractivity contribution < 1.29 is 19.1 Å². The number of allylic oxidation sites excluding steroid dienone is 2. The summed E-state index contributed by atoms with van der Waals surface area (Å²) in [5.74, 6) is 1.03. The van der Waals surface area contributed by atoms with Gasteiger partial charge in [0, 0.05) is 11.8 Å². The first kappa shape index (κ1) is 26.7. The molecule has 2 aromatic rings. The summed E-state index contributed by atoms with van der Waals surface area (Å²) in [7, 11) is 0. The zero-order valence-electron chi connectivity index (χ0n) is 22.5. The van der Waals surface area contributed by atoms with Gasteiger partial charge in [-0.2, -0.15) is 0 Å². The molecule has 0 bridgehead atoms. The highest BCUT2D eigenvalue weighted by Crippen LogP contribution is 2.48. The highest BCUT2D eigenvalue weighted by atomic mass is 16.5. The molecule has 0 fully saturated rings. The number of ketones is 1. The van der Waals surface area contributed by atoms with Crippen molar-refractivity contribution in [2.24, 2.45) is 23.2 Å². The van der Waals surface area contributed by atoms with Gasteiger partial charge in [0.25, 0.3) is 0 Å². The third-order valence-corrected chi connectivity index (χ3v) is 7.08. The van der Waals surface area contributed by atoms with E-state index in [0.29, 0.717) is 24.4 Å². The molecule has 0 amide bonds. The van der Waals surface area contributed by atoms with Gasteiger partial charge in [-0.1, -0.05) is 57.5 Å². The van der Waals surface area contributed by atoms with Gasteiger partial charge >= 0.3 is 5.97 Å². The SMILES string of the molecule is CCC(C)C1C(OC(=O)C(C)(C)C)=C(c2c(C)cc(OCc3ccccc3)cc2C)C(=O)C1CC. The largest absolute Gasteiger partial charge is 0.489 e. The highest BCUT2D eigenvalue weighted by Gasteiger charge is 2.47. The molecule has 4 nitrogen and oxygen atoms in total. The first-order valence-electron chi connectivity index (χ1n) is 12.8. The molecule has 0 aliphatic heterocycles. The van der Waals surface area contributed by atoms with Crippen molar-refractivity contribution in [1.29, 1.82) is 0 Å². The number of hydrogen-bond donors (Lipinski definition) is 0. The van der Waals surface area contributed by atoms with Crippen LogP contribution in [0.5, 0.6) is 5.75 Å². The standard InChI is InChI=1S/C31H40O4/c1-9-19(3)26-24(10-2)28(32)27(29(26)35-30(33)31(6,7)8)25-20(4)16-23(17-21(25)5)34-18-22-14-12-11-13-15-22/h11-17,19,24,26H,9-10,18H2,1-8H3. The summed E-state index contributed by atoms with van der Waals surface area (Å²) >= 11 is 0. The van der Waals surface area contributed by atoms with Gasteiger partial charge in [-0.15, -0.1) is 0 Å². The minimum Gasteiger partial charge on any atom is -0.489 e. The molecule has 4 heteroatoms. The average molecular weight is 477 g/mol. The van der Waals surface area contributed by atoms with Gasteiger partial charge < -0.3 is 9.47 Å². The van der Waals surface area contributed by atoms with E-state index in [4.69, 9.17) is 9.47 Å². The summed E-state index contributed by atoms with van der Waals surface area (Å²) in [6, 6.07) is 14.0. The van der Waals surface area contributed by atoms with Crippen LogP contribution in [0.1, 0.15) is 76.6 Å². The Bertz CT molecular complexity index is 1080. The van der Waals surface area contributed by atoms with E-state index in [1.165, 1.54) is 0 Å². The minimum atomic E-state index is -0.662. The van der Waals surface area contributed by atoms with E-state index in [0.717, 1.165) is 34.4 Å². The molecule has 0 aromatic heterocycles. The molecule has 0 radical (unpaired) electrons. The van der Waals surface area contributed by atoms with Gasteiger partial charge in [0.15, 0.2) is 5.78 Å². The maximum Gasteiger partial charge on any atom is 0.316 e. The summed E-state index contributed by atoms with van der Waals surface area (Å²) in [4.78, 5) is 26.8. The van der Waals surface area contributed by atoms with E-state index >= 15 is 0 Å². The van der Waals surface area contributed by atoms with Crippen LogP contribution in [-0.4, -0.2) is 11.8 Å². The smallest absolute Gasteiger partial charge is 0.316 e. The number of benzene rings is 2. The van der Waals surface area contributed by atoms with Crippen LogP contribution in [0.4, 0.5) is 0 Å². The Balaban J connectivity index is 2.08. The number of esters is 1. The third-order valence-electron chi connectivity index (χ3n) is 7.08. The Morgan fingerprint density at radius 3 is 2.14 bits per heavy atom. The van der Waals surface area contributed by atoms with Gasteiger partial charge in [-0.25, -0.2) is 0 Å². The fraction of sp³-hybridized carbons (Fsp3) is 0.484. The van der Waals surface area contributed by atoms with Crippen LogP contribution in [0, 0.1) is 37.0 Å². The number of Topliss-reactive ketones (excluding diaryl/α,β-unsaturated/α-hetero) is 1. The number of rotatable bonds is 8. The van der Waals surface area contributed by atoms with Crippen molar-refractivity contribution in [2.75, 3.05) is 0 Å². The van der Waals surface area contributed by atoms with Gasteiger partial charge in [0.2, 0.25) is 0 Å². The quantitative estimate of drug-likeness (QED) is 0.371. The van der Waals surface area contributed by atoms with Crippen LogP contribution in [0.2, 0.25) is 0 Å². The fourth-order valence-electron chi connectivity index (χ4n) is 4.93. The first-order chi connectivity index (χ1) is 16.5. The molecular weight excluding hydrogens is 436 g/mol. The summed E-state index contributed by atoms with van der Waals surface area (Å²) in [5, 5.41) is 0. The van der Waals surface area contributed by atoms with Crippen molar-refractivity contribution in [3.05, 3.63) is 70.5 Å². The monoisotopic (exact) mass is 476 g/mol. The number of aryl methyl sites for hydroxylation is 2. The predicted molar refractivity (Wildman–Crippen MR) is 141 cm³/mol. The second kappa shape index (κ2) is 10.8. The highest BCUT2D eigenvalue weighted by molar-refractivity contribution is 6.25. The lowest BCUT2D eigenvalue weighted by Crippen LogP contribution is -2.28. The van der Waals surface area contributed by atoms with Crippen molar-refractivity contribution >= 4 is 17.3 Å². The molecule has 1 aliphatic rings. The van der Waals surface area contributed by atoms with E-state index in [2.05, 4.69) is 13.8 Å². The van der Waals surface area contributed by atoms with Crippen LogP contribution < -0.4 is 4.74 Å². The molecule has 0 saturated carbocycles. The Kier molecular flexibility index (Phi) is 8.25. The van der Waals surface area contributed by atoms with E-state index in [-0.39, 0.29) is 29.5 Å². The molecule has 0 heterocycles. The molecular formula is C31H40O4. The number of carbonyl (C=O) groups is 2. The van der Waals surface area contributed by atoms with Crippen LogP contribution >= 0.6 is 0 Å². The molecule has 0 spiro atoms. The van der Waals surface area contributed by atoms with E-state index < -0.39 is 5.41 Å². The van der Waals surface area contributed by atoms with Crippen LogP contribution in [0.3, 0.4) is 0 Å². The average Bonchev–Trinajstić information content (AvgIpc) is 3.07. The molecule has 1 aliphatic carbocycles. The molecule has 3 unspecified atom stereocenters. The molecule has 3 rings (SSSR count). The van der Waals surface area contributed by atoms with Gasteiger partial charge in [0.05, 0.1) is 11.0 Å². The maximum absolute atomic E-state index is 13.8. The Morgan fingerprint density at radius 1 is 1.03 bits per heavy atom. The zero-order valence-corrected chi connectivity index (χ0v) is 22.5. The van der Waals surface area contributed by atoms with Crippen molar-refractivity contribution in [2.45, 2.75) is 74.8 Å². The predicted octanol–water partition coefficient (Wildman–Crippen LogP) is 7.45. The summed E-state index contributed by atoms with van der Waals surface area (Å²) in [6.45, 7) is 16.3.